The second-order valence-corrected chi connectivity index (χ2v) is 7.57. The van der Waals surface area contributed by atoms with Crippen LogP contribution in [0.3, 0.4) is 0 Å². The molecule has 1 aliphatic heterocycles. The van der Waals surface area contributed by atoms with E-state index in [0.29, 0.717) is 23.3 Å². The van der Waals surface area contributed by atoms with E-state index in [2.05, 4.69) is 32.5 Å². The van der Waals surface area contributed by atoms with Gasteiger partial charge in [-0.3, -0.25) is 0 Å². The van der Waals surface area contributed by atoms with Gasteiger partial charge in [0.1, 0.15) is 5.82 Å². The summed E-state index contributed by atoms with van der Waals surface area (Å²) in [6.07, 6.45) is 0. The Morgan fingerprint density at radius 3 is 2.23 bits per heavy atom. The summed E-state index contributed by atoms with van der Waals surface area (Å²) in [5.41, 5.74) is 9.14. The van der Waals surface area contributed by atoms with Crippen LogP contribution in [0.15, 0.2) is 36.4 Å². The highest BCUT2D eigenvalue weighted by Crippen LogP contribution is 2.34. The third kappa shape index (κ3) is 3.22. The minimum atomic E-state index is 0.429. The normalized spacial score (nSPS) is 14.4. The van der Waals surface area contributed by atoms with Crippen LogP contribution in [0.4, 0.5) is 17.7 Å². The first kappa shape index (κ1) is 19.2. The van der Waals surface area contributed by atoms with E-state index in [9.17, 15) is 0 Å². The first-order valence-corrected chi connectivity index (χ1v) is 10.2. The Bertz CT molecular complexity index is 1260. The van der Waals surface area contributed by atoms with Crippen LogP contribution in [0.25, 0.3) is 21.9 Å². The van der Waals surface area contributed by atoms with E-state index in [-0.39, 0.29) is 0 Å². The number of imidazole rings is 1. The Kier molecular flexibility index (Phi) is 4.65. The van der Waals surface area contributed by atoms with Gasteiger partial charge >= 0.3 is 0 Å². The number of ether oxygens (including phenoxy) is 2. The number of methoxy groups -OCH3 is 2. The van der Waals surface area contributed by atoms with Gasteiger partial charge in [0, 0.05) is 44.7 Å². The Morgan fingerprint density at radius 1 is 0.839 bits per heavy atom. The molecule has 1 saturated heterocycles. The zero-order valence-corrected chi connectivity index (χ0v) is 17.9. The maximum atomic E-state index is 6.26. The minimum absolute atomic E-state index is 0.429. The number of piperazine rings is 1. The van der Waals surface area contributed by atoms with Crippen LogP contribution in [0.2, 0.25) is 0 Å². The molecule has 0 spiro atoms. The number of aryl methyl sites for hydroxylation is 1. The standard InChI is InChI=1S/C22H25N7O2/c1-27-17-7-5-4-6-15(17)25-22(27)29-10-8-28(9-11-29)21-24-16-13-19(31-3)18(30-2)12-14(16)20(23)26-21/h4-7,12-13H,8-11H2,1-3H3,(H2,23,24,26). The van der Waals surface area contributed by atoms with Gasteiger partial charge in [0.2, 0.25) is 11.9 Å². The molecule has 31 heavy (non-hydrogen) atoms. The van der Waals surface area contributed by atoms with E-state index >= 15 is 0 Å². The lowest BCUT2D eigenvalue weighted by molar-refractivity contribution is 0.356. The number of hydrogen-bond donors (Lipinski definition) is 1. The molecule has 0 amide bonds. The molecule has 2 aromatic carbocycles. The summed E-state index contributed by atoms with van der Waals surface area (Å²) in [6, 6.07) is 11.9. The molecule has 3 heterocycles. The summed E-state index contributed by atoms with van der Waals surface area (Å²) < 4.78 is 12.9. The molecule has 9 nitrogen and oxygen atoms in total. The van der Waals surface area contributed by atoms with Crippen molar-refractivity contribution in [1.82, 2.24) is 19.5 Å². The smallest absolute Gasteiger partial charge is 0.228 e. The van der Waals surface area contributed by atoms with Gasteiger partial charge in [0.05, 0.1) is 30.8 Å². The lowest BCUT2D eigenvalue weighted by Gasteiger charge is -2.35. The summed E-state index contributed by atoms with van der Waals surface area (Å²) in [5.74, 6) is 3.26. The lowest BCUT2D eigenvalue weighted by Crippen LogP contribution is -2.48. The molecule has 0 aliphatic carbocycles. The number of rotatable bonds is 4. The molecule has 0 atom stereocenters. The second-order valence-electron chi connectivity index (χ2n) is 7.57. The van der Waals surface area contributed by atoms with E-state index in [4.69, 9.17) is 25.2 Å². The largest absolute Gasteiger partial charge is 0.493 e. The van der Waals surface area contributed by atoms with Crippen LogP contribution >= 0.6 is 0 Å². The van der Waals surface area contributed by atoms with Crippen LogP contribution in [0, 0.1) is 0 Å². The van der Waals surface area contributed by atoms with Gasteiger partial charge in [-0.25, -0.2) is 9.97 Å². The lowest BCUT2D eigenvalue weighted by atomic mass is 10.2. The molecule has 2 N–H and O–H groups in total. The topological polar surface area (TPSA) is 94.6 Å². The van der Waals surface area contributed by atoms with Gasteiger partial charge in [0.15, 0.2) is 11.5 Å². The molecule has 0 radical (unpaired) electrons. The Morgan fingerprint density at radius 2 is 1.52 bits per heavy atom. The number of hydrogen-bond acceptors (Lipinski definition) is 8. The highest BCUT2D eigenvalue weighted by atomic mass is 16.5. The molecular weight excluding hydrogens is 394 g/mol. The molecule has 1 fully saturated rings. The van der Waals surface area contributed by atoms with Crippen molar-refractivity contribution in [3.8, 4) is 11.5 Å². The average molecular weight is 419 g/mol. The van der Waals surface area contributed by atoms with Crippen molar-refractivity contribution < 1.29 is 9.47 Å². The van der Waals surface area contributed by atoms with Crippen molar-refractivity contribution in [3.63, 3.8) is 0 Å². The number of para-hydroxylation sites is 2. The van der Waals surface area contributed by atoms with Crippen molar-refractivity contribution in [1.29, 1.82) is 0 Å². The fourth-order valence-corrected chi connectivity index (χ4v) is 4.13. The number of anilines is 3. The van der Waals surface area contributed by atoms with Crippen molar-refractivity contribution in [2.45, 2.75) is 0 Å². The Hall–Kier alpha value is -3.75. The van der Waals surface area contributed by atoms with Crippen molar-refractivity contribution in [2.24, 2.45) is 7.05 Å². The maximum Gasteiger partial charge on any atom is 0.228 e. The molecule has 0 unspecified atom stereocenters. The predicted octanol–water partition coefficient (Wildman–Crippen LogP) is 2.44. The molecule has 9 heteroatoms. The molecule has 0 saturated carbocycles. The monoisotopic (exact) mass is 419 g/mol. The SMILES string of the molecule is COc1cc2nc(N3CCN(c4nc5ccccc5n4C)CC3)nc(N)c2cc1OC. The predicted molar refractivity (Wildman–Crippen MR) is 122 cm³/mol. The van der Waals surface area contributed by atoms with E-state index in [0.717, 1.165) is 54.1 Å². The highest BCUT2D eigenvalue weighted by molar-refractivity contribution is 5.91. The molecule has 2 aromatic heterocycles. The Balaban J connectivity index is 1.40. The zero-order chi connectivity index (χ0) is 21.5. The van der Waals surface area contributed by atoms with Gasteiger partial charge in [-0.15, -0.1) is 0 Å². The summed E-state index contributed by atoms with van der Waals surface area (Å²) in [7, 11) is 5.26. The maximum absolute atomic E-state index is 6.26. The number of benzene rings is 2. The average Bonchev–Trinajstić information content (AvgIpc) is 3.15. The molecular formula is C22H25N7O2. The van der Waals surface area contributed by atoms with Crippen LogP contribution < -0.4 is 25.0 Å². The van der Waals surface area contributed by atoms with Crippen LogP contribution in [-0.4, -0.2) is 59.9 Å². The number of nitrogen functional groups attached to an aromatic ring is 1. The summed E-state index contributed by atoms with van der Waals surface area (Å²) in [5, 5.41) is 0.750. The fraction of sp³-hybridized carbons (Fsp3) is 0.318. The summed E-state index contributed by atoms with van der Waals surface area (Å²) >= 11 is 0. The van der Waals surface area contributed by atoms with E-state index in [1.807, 2.05) is 30.3 Å². The molecule has 5 rings (SSSR count). The number of aromatic nitrogens is 4. The highest BCUT2D eigenvalue weighted by Gasteiger charge is 2.23. The summed E-state index contributed by atoms with van der Waals surface area (Å²) in [4.78, 5) is 18.6. The van der Waals surface area contributed by atoms with Crippen LogP contribution in [0.5, 0.6) is 11.5 Å². The van der Waals surface area contributed by atoms with E-state index in [1.165, 1.54) is 0 Å². The zero-order valence-electron chi connectivity index (χ0n) is 17.9. The van der Waals surface area contributed by atoms with Crippen molar-refractivity contribution in [3.05, 3.63) is 36.4 Å². The number of nitrogens with two attached hydrogens (primary N) is 1. The first-order chi connectivity index (χ1) is 15.1. The van der Waals surface area contributed by atoms with Gasteiger partial charge in [0.25, 0.3) is 0 Å². The van der Waals surface area contributed by atoms with Crippen molar-refractivity contribution >= 4 is 39.7 Å². The molecule has 160 valence electrons. The second kappa shape index (κ2) is 7.50. The number of nitrogens with zero attached hydrogens (tertiary/aromatic N) is 6. The van der Waals surface area contributed by atoms with Gasteiger partial charge in [-0.2, -0.15) is 4.98 Å². The van der Waals surface area contributed by atoms with Crippen molar-refractivity contribution in [2.75, 3.05) is 55.9 Å². The van der Waals surface area contributed by atoms with Crippen LogP contribution in [-0.2, 0) is 7.05 Å². The van der Waals surface area contributed by atoms with Gasteiger partial charge in [-0.05, 0) is 18.2 Å². The van der Waals surface area contributed by atoms with E-state index in [1.54, 1.807) is 14.2 Å². The number of fused-ring (bicyclic) bond motifs is 2. The molecule has 4 aromatic rings. The third-order valence-electron chi connectivity index (χ3n) is 5.83. The summed E-state index contributed by atoms with van der Waals surface area (Å²) in [6.45, 7) is 3.21. The quantitative estimate of drug-likeness (QED) is 0.539. The molecule has 0 bridgehead atoms. The van der Waals surface area contributed by atoms with Crippen LogP contribution in [0.1, 0.15) is 0 Å². The van der Waals surface area contributed by atoms with Gasteiger partial charge in [-0.1, -0.05) is 12.1 Å². The Labute approximate surface area is 180 Å². The fourth-order valence-electron chi connectivity index (χ4n) is 4.13. The third-order valence-corrected chi connectivity index (χ3v) is 5.83. The minimum Gasteiger partial charge on any atom is -0.493 e. The first-order valence-electron chi connectivity index (χ1n) is 10.2. The molecule has 1 aliphatic rings. The van der Waals surface area contributed by atoms with E-state index < -0.39 is 0 Å². The van der Waals surface area contributed by atoms with Gasteiger partial charge < -0.3 is 29.6 Å².